The Hall–Kier alpha value is -0.530. The summed E-state index contributed by atoms with van der Waals surface area (Å²) in [7, 11) is 0. The molecule has 6 rings (SSSR count). The zero-order chi connectivity index (χ0) is 10.1. The summed E-state index contributed by atoms with van der Waals surface area (Å²) in [5, 5.41) is 3.40. The van der Waals surface area contributed by atoms with Crippen LogP contribution in [0.2, 0.25) is 0 Å². The topological polar surface area (TPSA) is 29.1 Å². The summed E-state index contributed by atoms with van der Waals surface area (Å²) >= 11 is 0. The van der Waals surface area contributed by atoms with Gasteiger partial charge in [0, 0.05) is 6.42 Å². The molecule has 6 aliphatic carbocycles. The van der Waals surface area contributed by atoms with Gasteiger partial charge < -0.3 is 5.32 Å². The van der Waals surface area contributed by atoms with Crippen LogP contribution in [0.5, 0.6) is 0 Å². The number of hydrogen-bond acceptors (Lipinski definition) is 1. The van der Waals surface area contributed by atoms with E-state index in [4.69, 9.17) is 0 Å². The molecule has 1 N–H and O–H groups in total. The minimum Gasteiger partial charge on any atom is -0.350 e. The zero-order valence-electron chi connectivity index (χ0n) is 9.23. The van der Waals surface area contributed by atoms with Crippen molar-refractivity contribution in [3.05, 3.63) is 0 Å². The van der Waals surface area contributed by atoms with Gasteiger partial charge in [-0.1, -0.05) is 13.8 Å². The summed E-state index contributed by atoms with van der Waals surface area (Å²) in [6, 6.07) is 0. The zero-order valence-corrected chi connectivity index (χ0v) is 9.23. The van der Waals surface area contributed by atoms with Crippen LogP contribution in [-0.2, 0) is 4.79 Å². The van der Waals surface area contributed by atoms with E-state index in [9.17, 15) is 4.79 Å². The van der Waals surface area contributed by atoms with Crippen LogP contribution in [0.25, 0.3) is 0 Å². The molecule has 0 bridgehead atoms. The van der Waals surface area contributed by atoms with Crippen molar-refractivity contribution in [3.8, 4) is 0 Å². The first-order valence-corrected chi connectivity index (χ1v) is 6.49. The maximum Gasteiger partial charge on any atom is 0.220 e. The first-order chi connectivity index (χ1) is 7.18. The minimum atomic E-state index is 0.320. The molecule has 0 radical (unpaired) electrons. The largest absolute Gasteiger partial charge is 0.350 e. The lowest BCUT2D eigenvalue weighted by Gasteiger charge is -3.07. The second-order valence-electron chi connectivity index (χ2n) is 6.97. The number of carbonyl (C=O) groups excluding carboxylic acids is 1. The normalized spacial score (nSPS) is 68.1. The molecule has 0 spiro atoms. The highest BCUT2D eigenvalue weighted by Gasteiger charge is 3.04. The fourth-order valence-corrected chi connectivity index (χ4v) is 6.34. The van der Waals surface area contributed by atoms with Gasteiger partial charge >= 0.3 is 0 Å². The van der Waals surface area contributed by atoms with Crippen molar-refractivity contribution in [2.75, 3.05) is 0 Å². The molecule has 0 atom stereocenters. The second-order valence-corrected chi connectivity index (χ2v) is 6.97. The molecule has 15 heavy (non-hydrogen) atoms. The van der Waals surface area contributed by atoms with Crippen molar-refractivity contribution in [3.63, 3.8) is 0 Å². The third-order valence-corrected chi connectivity index (χ3v) is 6.43. The monoisotopic (exact) mass is 203 g/mol. The molecule has 6 fully saturated rings. The van der Waals surface area contributed by atoms with E-state index in [-0.39, 0.29) is 0 Å². The standard InChI is InChI=1S/C13H17NO/c1-4(2)3-5(15)14-13-10-7-6-8(10)12(13)9(6)11(7)13/h4,6-12H,3H2,1-2H3,(H,14,15). The lowest BCUT2D eigenvalue weighted by Crippen LogP contribution is -3.11. The Bertz CT molecular complexity index is 349. The molecule has 0 heterocycles. The van der Waals surface area contributed by atoms with E-state index < -0.39 is 0 Å². The van der Waals surface area contributed by atoms with E-state index in [1.54, 1.807) is 0 Å². The summed E-state index contributed by atoms with van der Waals surface area (Å²) in [4.78, 5) is 11.8. The summed E-state index contributed by atoms with van der Waals surface area (Å²) in [5.41, 5.74) is 0.376. The molecular formula is C13H17NO. The van der Waals surface area contributed by atoms with Crippen molar-refractivity contribution in [2.45, 2.75) is 25.8 Å². The van der Waals surface area contributed by atoms with Crippen molar-refractivity contribution in [1.82, 2.24) is 5.32 Å². The molecule has 1 amide bonds. The van der Waals surface area contributed by atoms with Gasteiger partial charge in [0.15, 0.2) is 0 Å². The lowest BCUT2D eigenvalue weighted by molar-refractivity contribution is -0.578. The van der Waals surface area contributed by atoms with Crippen LogP contribution in [0, 0.1) is 47.3 Å². The molecular weight excluding hydrogens is 186 g/mol. The van der Waals surface area contributed by atoms with Crippen LogP contribution in [0.4, 0.5) is 0 Å². The smallest absolute Gasteiger partial charge is 0.220 e. The Labute approximate surface area is 89.8 Å². The average molecular weight is 203 g/mol. The Morgan fingerprint density at radius 3 is 2.13 bits per heavy atom. The third-order valence-electron chi connectivity index (χ3n) is 6.43. The lowest BCUT2D eigenvalue weighted by atomic mass is 8.98. The highest BCUT2D eigenvalue weighted by molar-refractivity contribution is 5.79. The van der Waals surface area contributed by atoms with Crippen LogP contribution >= 0.6 is 0 Å². The van der Waals surface area contributed by atoms with Crippen LogP contribution in [-0.4, -0.2) is 11.4 Å². The summed E-state index contributed by atoms with van der Waals surface area (Å²) in [5.74, 6) is 8.01. The minimum absolute atomic E-state index is 0.320. The van der Waals surface area contributed by atoms with E-state index in [1.807, 2.05) is 0 Å². The second kappa shape index (κ2) is 1.76. The van der Waals surface area contributed by atoms with Crippen LogP contribution in [0.3, 0.4) is 0 Å². The predicted molar refractivity (Wildman–Crippen MR) is 54.8 cm³/mol. The highest BCUT2D eigenvalue weighted by Crippen LogP contribution is 3.02. The molecule has 0 aromatic rings. The Kier molecular flexibility index (Phi) is 0.904. The number of carbonyl (C=O) groups is 1. The van der Waals surface area contributed by atoms with E-state index >= 15 is 0 Å². The molecule has 80 valence electrons. The Morgan fingerprint density at radius 1 is 1.13 bits per heavy atom. The van der Waals surface area contributed by atoms with Gasteiger partial charge in [-0.05, 0) is 47.3 Å². The molecule has 0 aliphatic heterocycles. The van der Waals surface area contributed by atoms with Crippen LogP contribution in [0.15, 0.2) is 0 Å². The van der Waals surface area contributed by atoms with Crippen LogP contribution < -0.4 is 5.32 Å². The number of amides is 1. The maximum absolute atomic E-state index is 11.8. The molecule has 0 aromatic carbocycles. The highest BCUT2D eigenvalue weighted by atomic mass is 16.1. The Morgan fingerprint density at radius 2 is 1.67 bits per heavy atom. The molecule has 0 unspecified atom stereocenters. The van der Waals surface area contributed by atoms with Crippen molar-refractivity contribution in [2.24, 2.45) is 47.3 Å². The SMILES string of the molecule is CC(C)CC(=O)NC12C3C4C5C3C1C5C42. The van der Waals surface area contributed by atoms with Crippen molar-refractivity contribution >= 4 is 5.91 Å². The average Bonchev–Trinajstić information content (AvgIpc) is 2.16. The predicted octanol–water partition coefficient (Wildman–Crippen LogP) is 1.27. The molecule has 6 aliphatic rings. The number of nitrogens with one attached hydrogen (secondary N) is 1. The Balaban J connectivity index is 1.35. The number of hydrogen-bond donors (Lipinski definition) is 1. The molecule has 2 heteroatoms. The van der Waals surface area contributed by atoms with E-state index in [0.717, 1.165) is 47.8 Å². The quantitative estimate of drug-likeness (QED) is 0.735. The van der Waals surface area contributed by atoms with E-state index in [1.165, 1.54) is 0 Å². The summed E-state index contributed by atoms with van der Waals surface area (Å²) in [6.45, 7) is 4.25. The maximum atomic E-state index is 11.8. The van der Waals surface area contributed by atoms with E-state index in [2.05, 4.69) is 19.2 Å². The third kappa shape index (κ3) is 0.454. The molecule has 2 nitrogen and oxygen atoms in total. The molecule has 6 saturated carbocycles. The fraction of sp³-hybridized carbons (Fsp3) is 0.923. The van der Waals surface area contributed by atoms with Crippen LogP contribution in [0.1, 0.15) is 20.3 Å². The first-order valence-electron chi connectivity index (χ1n) is 6.49. The van der Waals surface area contributed by atoms with Gasteiger partial charge in [0.05, 0.1) is 5.54 Å². The van der Waals surface area contributed by atoms with Crippen molar-refractivity contribution in [1.29, 1.82) is 0 Å². The van der Waals surface area contributed by atoms with Gasteiger partial charge in [0.1, 0.15) is 0 Å². The van der Waals surface area contributed by atoms with Gasteiger partial charge in [0.25, 0.3) is 0 Å². The molecule has 0 saturated heterocycles. The molecule has 0 aromatic heterocycles. The summed E-state index contributed by atoms with van der Waals surface area (Å²) < 4.78 is 0. The van der Waals surface area contributed by atoms with Gasteiger partial charge in [-0.3, -0.25) is 4.79 Å². The fourth-order valence-electron chi connectivity index (χ4n) is 6.34. The number of rotatable bonds is 3. The van der Waals surface area contributed by atoms with Gasteiger partial charge in [-0.25, -0.2) is 0 Å². The van der Waals surface area contributed by atoms with E-state index in [0.29, 0.717) is 17.4 Å². The van der Waals surface area contributed by atoms with Crippen molar-refractivity contribution < 1.29 is 4.79 Å². The first kappa shape index (κ1) is 7.70. The van der Waals surface area contributed by atoms with Gasteiger partial charge in [0.2, 0.25) is 5.91 Å². The van der Waals surface area contributed by atoms with Gasteiger partial charge in [-0.15, -0.1) is 0 Å². The van der Waals surface area contributed by atoms with Gasteiger partial charge in [-0.2, -0.15) is 0 Å². The summed E-state index contributed by atoms with van der Waals surface area (Å²) in [6.07, 6.45) is 0.720.